The van der Waals surface area contributed by atoms with E-state index in [9.17, 15) is 14.7 Å². The Morgan fingerprint density at radius 2 is 2.00 bits per heavy atom. The molecule has 2 aliphatic heterocycles. The van der Waals surface area contributed by atoms with Gasteiger partial charge in [-0.25, -0.2) is 0 Å². The summed E-state index contributed by atoms with van der Waals surface area (Å²) in [7, 11) is 0. The summed E-state index contributed by atoms with van der Waals surface area (Å²) >= 11 is 5.90. The van der Waals surface area contributed by atoms with Crippen LogP contribution in [0.2, 0.25) is 5.02 Å². The van der Waals surface area contributed by atoms with Gasteiger partial charge in [0.25, 0.3) is 0 Å². The molecule has 1 saturated heterocycles. The van der Waals surface area contributed by atoms with Gasteiger partial charge in [0.2, 0.25) is 11.8 Å². The lowest BCUT2D eigenvalue weighted by Gasteiger charge is -2.36. The van der Waals surface area contributed by atoms with Gasteiger partial charge in [-0.3, -0.25) is 9.59 Å². The van der Waals surface area contributed by atoms with Crippen LogP contribution in [0.3, 0.4) is 0 Å². The van der Waals surface area contributed by atoms with Crippen molar-refractivity contribution in [2.24, 2.45) is 0 Å². The van der Waals surface area contributed by atoms with Crippen molar-refractivity contribution in [3.8, 4) is 5.75 Å². The lowest BCUT2D eigenvalue weighted by molar-refractivity contribution is -0.142. The van der Waals surface area contributed by atoms with Crippen molar-refractivity contribution < 1.29 is 19.4 Å². The van der Waals surface area contributed by atoms with Gasteiger partial charge in [0.05, 0.1) is 30.7 Å². The molecule has 0 aromatic heterocycles. The molecule has 25 heavy (non-hydrogen) atoms. The molecule has 2 aliphatic rings. The fourth-order valence-electron chi connectivity index (χ4n) is 3.10. The molecule has 0 spiro atoms. The largest absolute Gasteiger partial charge is 0.506 e. The highest BCUT2D eigenvalue weighted by atomic mass is 35.5. The van der Waals surface area contributed by atoms with E-state index in [-0.39, 0.29) is 41.5 Å². The zero-order valence-electron chi connectivity index (χ0n) is 13.9. The summed E-state index contributed by atoms with van der Waals surface area (Å²) in [5.74, 6) is -0.0414. The Morgan fingerprint density at radius 1 is 1.24 bits per heavy atom. The zero-order chi connectivity index (χ0) is 17.8. The molecule has 6 nitrogen and oxygen atoms in total. The highest BCUT2D eigenvalue weighted by Gasteiger charge is 2.30. The number of nitrogens with zero attached hydrogens (tertiary/aromatic N) is 2. The first-order chi connectivity index (χ1) is 12.0. The van der Waals surface area contributed by atoms with Crippen molar-refractivity contribution in [1.29, 1.82) is 0 Å². The van der Waals surface area contributed by atoms with Gasteiger partial charge in [-0.2, -0.15) is 0 Å². The third kappa shape index (κ3) is 4.32. The van der Waals surface area contributed by atoms with E-state index in [0.717, 1.165) is 5.56 Å². The minimum absolute atomic E-state index is 0.00747. The SMILES string of the molecule is O=C(C[C@H]1COCCN1C(=O)Cc1ccc(O)c(Cl)c1)N1CC=CC1. The van der Waals surface area contributed by atoms with E-state index in [1.807, 2.05) is 12.2 Å². The molecule has 0 saturated carbocycles. The van der Waals surface area contributed by atoms with E-state index < -0.39 is 0 Å². The van der Waals surface area contributed by atoms with Gasteiger partial charge < -0.3 is 19.6 Å². The van der Waals surface area contributed by atoms with Crippen molar-refractivity contribution in [2.75, 3.05) is 32.8 Å². The number of carbonyl (C=O) groups is 2. The van der Waals surface area contributed by atoms with Crippen molar-refractivity contribution >= 4 is 23.4 Å². The quantitative estimate of drug-likeness (QED) is 0.824. The van der Waals surface area contributed by atoms with Crippen molar-refractivity contribution in [3.05, 3.63) is 40.9 Å². The summed E-state index contributed by atoms with van der Waals surface area (Å²) in [5.41, 5.74) is 0.730. The Kier molecular flexibility index (Phi) is 5.60. The molecule has 2 heterocycles. The van der Waals surface area contributed by atoms with Crippen LogP contribution in [0.4, 0.5) is 0 Å². The van der Waals surface area contributed by atoms with E-state index in [1.54, 1.807) is 21.9 Å². The van der Waals surface area contributed by atoms with Crippen molar-refractivity contribution in [2.45, 2.75) is 18.9 Å². The van der Waals surface area contributed by atoms with Crippen LogP contribution in [0.25, 0.3) is 0 Å². The van der Waals surface area contributed by atoms with E-state index >= 15 is 0 Å². The second kappa shape index (κ2) is 7.89. The predicted octanol–water partition coefficient (Wildman–Crippen LogP) is 1.60. The molecule has 0 bridgehead atoms. The summed E-state index contributed by atoms with van der Waals surface area (Å²) in [6.07, 6.45) is 4.37. The summed E-state index contributed by atoms with van der Waals surface area (Å²) in [6.45, 7) is 2.58. The maximum Gasteiger partial charge on any atom is 0.227 e. The Labute approximate surface area is 151 Å². The summed E-state index contributed by atoms with van der Waals surface area (Å²) < 4.78 is 5.48. The molecule has 2 amide bonds. The predicted molar refractivity (Wildman–Crippen MR) is 93.5 cm³/mol. The number of aromatic hydroxyl groups is 1. The van der Waals surface area contributed by atoms with Gasteiger partial charge in [-0.05, 0) is 17.7 Å². The molecular formula is C18H21ClN2O4. The lowest BCUT2D eigenvalue weighted by atomic mass is 10.1. The smallest absolute Gasteiger partial charge is 0.227 e. The topological polar surface area (TPSA) is 70.1 Å². The van der Waals surface area contributed by atoms with Crippen LogP contribution in [0, 0.1) is 0 Å². The standard InChI is InChI=1S/C18H21ClN2O4/c19-15-9-13(3-4-16(15)22)10-18(24)21-7-8-25-12-14(21)11-17(23)20-5-1-2-6-20/h1-4,9,14,22H,5-8,10-12H2/t14-/m0/s1. The molecule has 1 N–H and O–H groups in total. The zero-order valence-corrected chi connectivity index (χ0v) is 14.6. The first kappa shape index (κ1) is 17.8. The number of phenolic OH excluding ortho intramolecular Hbond substituents is 1. The Bertz CT molecular complexity index is 684. The minimum Gasteiger partial charge on any atom is -0.506 e. The van der Waals surface area contributed by atoms with Crippen LogP contribution < -0.4 is 0 Å². The van der Waals surface area contributed by atoms with E-state index in [1.165, 1.54) is 6.07 Å². The van der Waals surface area contributed by atoms with Crippen LogP contribution in [0.1, 0.15) is 12.0 Å². The molecule has 1 aromatic carbocycles. The molecule has 1 aromatic rings. The maximum atomic E-state index is 12.7. The number of morpholine rings is 1. The number of phenols is 1. The van der Waals surface area contributed by atoms with Crippen LogP contribution in [-0.2, 0) is 20.7 Å². The average molecular weight is 365 g/mol. The molecule has 1 atom stereocenters. The molecule has 0 aliphatic carbocycles. The van der Waals surface area contributed by atoms with Crippen LogP contribution in [-0.4, -0.2) is 65.6 Å². The van der Waals surface area contributed by atoms with Crippen molar-refractivity contribution in [3.63, 3.8) is 0 Å². The second-order valence-corrected chi connectivity index (χ2v) is 6.66. The van der Waals surface area contributed by atoms with Gasteiger partial charge in [0.15, 0.2) is 0 Å². The highest BCUT2D eigenvalue weighted by Crippen LogP contribution is 2.24. The Hall–Kier alpha value is -2.05. The van der Waals surface area contributed by atoms with Gasteiger partial charge in [-0.15, -0.1) is 0 Å². The first-order valence-electron chi connectivity index (χ1n) is 8.32. The normalized spacial score (nSPS) is 20.1. The third-order valence-electron chi connectivity index (χ3n) is 4.50. The molecule has 3 rings (SSSR count). The highest BCUT2D eigenvalue weighted by molar-refractivity contribution is 6.32. The number of amides is 2. The van der Waals surface area contributed by atoms with Gasteiger partial charge in [0.1, 0.15) is 5.75 Å². The summed E-state index contributed by atoms with van der Waals surface area (Å²) in [5, 5.41) is 9.70. The van der Waals surface area contributed by atoms with E-state index in [0.29, 0.717) is 32.8 Å². The van der Waals surface area contributed by atoms with Gasteiger partial charge in [-0.1, -0.05) is 29.8 Å². The number of hydrogen-bond acceptors (Lipinski definition) is 4. The van der Waals surface area contributed by atoms with Crippen LogP contribution >= 0.6 is 11.6 Å². The number of rotatable bonds is 4. The van der Waals surface area contributed by atoms with Gasteiger partial charge in [0, 0.05) is 26.1 Å². The van der Waals surface area contributed by atoms with E-state index in [4.69, 9.17) is 16.3 Å². The average Bonchev–Trinajstić information content (AvgIpc) is 3.13. The van der Waals surface area contributed by atoms with Crippen molar-refractivity contribution in [1.82, 2.24) is 9.80 Å². The van der Waals surface area contributed by atoms with E-state index in [2.05, 4.69) is 0 Å². The molecule has 134 valence electrons. The number of halogens is 1. The van der Waals surface area contributed by atoms with Gasteiger partial charge >= 0.3 is 0 Å². The molecule has 0 radical (unpaired) electrons. The fraction of sp³-hybridized carbons (Fsp3) is 0.444. The monoisotopic (exact) mass is 364 g/mol. The lowest BCUT2D eigenvalue weighted by Crippen LogP contribution is -2.51. The molecule has 0 unspecified atom stereocenters. The number of hydrogen-bond donors (Lipinski definition) is 1. The Morgan fingerprint density at radius 3 is 2.72 bits per heavy atom. The minimum atomic E-state index is -0.248. The molecule has 7 heteroatoms. The van der Waals surface area contributed by atoms with Crippen LogP contribution in [0.5, 0.6) is 5.75 Å². The Balaban J connectivity index is 1.63. The summed E-state index contributed by atoms with van der Waals surface area (Å²) in [6, 6.07) is 4.49. The molecule has 1 fully saturated rings. The molecular weight excluding hydrogens is 344 g/mol. The third-order valence-corrected chi connectivity index (χ3v) is 4.80. The summed E-state index contributed by atoms with van der Waals surface area (Å²) in [4.78, 5) is 28.6. The number of benzene rings is 1. The first-order valence-corrected chi connectivity index (χ1v) is 8.70. The number of ether oxygens (including phenoxy) is 1. The maximum absolute atomic E-state index is 12.7. The van der Waals surface area contributed by atoms with Crippen LogP contribution in [0.15, 0.2) is 30.4 Å². The number of carbonyl (C=O) groups excluding carboxylic acids is 2. The fourth-order valence-corrected chi connectivity index (χ4v) is 3.30. The second-order valence-electron chi connectivity index (χ2n) is 6.25.